The van der Waals surface area contributed by atoms with Gasteiger partial charge in [-0.3, -0.25) is 0 Å². The molecule has 0 atom stereocenters. The Morgan fingerprint density at radius 2 is 2.27 bits per heavy atom. The summed E-state index contributed by atoms with van der Waals surface area (Å²) in [4.78, 5) is 3.11. The maximum Gasteiger partial charge on any atom is 0.242 e. The summed E-state index contributed by atoms with van der Waals surface area (Å²) in [5.41, 5.74) is 1.36. The van der Waals surface area contributed by atoms with E-state index in [0.717, 1.165) is 5.56 Å². The van der Waals surface area contributed by atoms with Crippen molar-refractivity contribution in [2.24, 2.45) is 0 Å². The molecule has 0 aliphatic carbocycles. The Balaban J connectivity index is 3.01. The monoisotopic (exact) mass is 149 g/mol. The Morgan fingerprint density at radius 1 is 1.55 bits per heavy atom. The van der Waals surface area contributed by atoms with Gasteiger partial charge in [0.1, 0.15) is 5.82 Å². The van der Waals surface area contributed by atoms with Crippen LogP contribution in [0.25, 0.3) is 4.85 Å². The van der Waals surface area contributed by atoms with Gasteiger partial charge in [0.2, 0.25) is 6.54 Å². The van der Waals surface area contributed by atoms with Gasteiger partial charge in [0, 0.05) is 0 Å². The van der Waals surface area contributed by atoms with Crippen molar-refractivity contribution in [3.8, 4) is 0 Å². The zero-order valence-electron chi connectivity index (χ0n) is 6.26. The molecule has 11 heavy (non-hydrogen) atoms. The zero-order chi connectivity index (χ0) is 8.27. The van der Waals surface area contributed by atoms with Crippen molar-refractivity contribution in [1.29, 1.82) is 0 Å². The molecular formula is C9H8FN. The SMILES string of the molecule is [C-]#[N+]Cc1ccc(C)cc1F. The van der Waals surface area contributed by atoms with Crippen LogP contribution in [0.3, 0.4) is 0 Å². The van der Waals surface area contributed by atoms with Gasteiger partial charge >= 0.3 is 0 Å². The van der Waals surface area contributed by atoms with Gasteiger partial charge in [-0.25, -0.2) is 11.0 Å². The first-order valence-corrected chi connectivity index (χ1v) is 3.32. The summed E-state index contributed by atoms with van der Waals surface area (Å²) in [5, 5.41) is 0. The topological polar surface area (TPSA) is 4.36 Å². The third kappa shape index (κ3) is 1.78. The molecule has 1 nitrogen and oxygen atoms in total. The zero-order valence-corrected chi connectivity index (χ0v) is 6.26. The number of hydrogen-bond donors (Lipinski definition) is 0. The molecule has 1 aromatic rings. The lowest BCUT2D eigenvalue weighted by molar-refractivity contribution is 0.613. The van der Waals surface area contributed by atoms with Crippen LogP contribution in [0, 0.1) is 19.3 Å². The van der Waals surface area contributed by atoms with E-state index >= 15 is 0 Å². The van der Waals surface area contributed by atoms with Gasteiger partial charge in [-0.05, 0) is 24.6 Å². The number of rotatable bonds is 1. The molecule has 0 saturated carbocycles. The molecule has 0 spiro atoms. The predicted molar refractivity (Wildman–Crippen MR) is 41.4 cm³/mol. The molecule has 0 aliphatic heterocycles. The molecule has 0 amide bonds. The van der Waals surface area contributed by atoms with Crippen LogP contribution in [-0.4, -0.2) is 0 Å². The van der Waals surface area contributed by atoms with Crippen molar-refractivity contribution in [3.05, 3.63) is 46.6 Å². The van der Waals surface area contributed by atoms with Gasteiger partial charge in [-0.15, -0.1) is 0 Å². The number of aryl methyl sites for hydroxylation is 1. The van der Waals surface area contributed by atoms with Crippen LogP contribution in [0.4, 0.5) is 4.39 Å². The largest absolute Gasteiger partial charge is 0.312 e. The molecule has 0 fully saturated rings. The highest BCUT2D eigenvalue weighted by Gasteiger charge is 2.02. The summed E-state index contributed by atoms with van der Waals surface area (Å²) >= 11 is 0. The van der Waals surface area contributed by atoms with Crippen LogP contribution in [0.5, 0.6) is 0 Å². The third-order valence-electron chi connectivity index (χ3n) is 1.46. The molecule has 0 radical (unpaired) electrons. The minimum absolute atomic E-state index is 0.131. The Morgan fingerprint density at radius 3 is 2.82 bits per heavy atom. The summed E-state index contributed by atoms with van der Waals surface area (Å²) in [6.07, 6.45) is 0. The number of nitrogens with zero attached hydrogens (tertiary/aromatic N) is 1. The van der Waals surface area contributed by atoms with E-state index < -0.39 is 0 Å². The molecule has 2 heteroatoms. The molecule has 0 saturated heterocycles. The maximum atomic E-state index is 12.9. The smallest absolute Gasteiger partial charge is 0.242 e. The Labute approximate surface area is 65.3 Å². The molecule has 1 aromatic carbocycles. The first-order chi connectivity index (χ1) is 5.24. The van der Waals surface area contributed by atoms with Gasteiger partial charge in [0.15, 0.2) is 0 Å². The van der Waals surface area contributed by atoms with E-state index in [1.54, 1.807) is 6.07 Å². The predicted octanol–water partition coefficient (Wildman–Crippen LogP) is 2.55. The summed E-state index contributed by atoms with van der Waals surface area (Å²) in [6.45, 7) is 8.50. The highest BCUT2D eigenvalue weighted by Crippen LogP contribution is 2.10. The number of hydrogen-bond acceptors (Lipinski definition) is 0. The second-order valence-electron chi connectivity index (χ2n) is 2.41. The second-order valence-corrected chi connectivity index (χ2v) is 2.41. The molecule has 0 aromatic heterocycles. The Kier molecular flexibility index (Phi) is 2.22. The van der Waals surface area contributed by atoms with Crippen molar-refractivity contribution in [2.75, 3.05) is 0 Å². The molecule has 0 heterocycles. The molecule has 0 bridgehead atoms. The fourth-order valence-corrected chi connectivity index (χ4v) is 0.866. The van der Waals surface area contributed by atoms with Gasteiger partial charge in [-0.1, -0.05) is 6.07 Å². The van der Waals surface area contributed by atoms with Crippen LogP contribution in [0.1, 0.15) is 11.1 Å². The van der Waals surface area contributed by atoms with Crippen LogP contribution in [0.2, 0.25) is 0 Å². The standard InChI is InChI=1S/C9H8FN/c1-7-3-4-8(6-11-2)9(10)5-7/h3-5H,6H2,1H3. The van der Waals surface area contributed by atoms with Crippen LogP contribution in [0.15, 0.2) is 18.2 Å². The molecule has 0 unspecified atom stereocenters. The fraction of sp³-hybridized carbons (Fsp3) is 0.222. The number of halogens is 1. The fourth-order valence-electron chi connectivity index (χ4n) is 0.866. The summed E-state index contributed by atoms with van der Waals surface area (Å²) in [7, 11) is 0. The van der Waals surface area contributed by atoms with E-state index in [-0.39, 0.29) is 12.4 Å². The van der Waals surface area contributed by atoms with Crippen LogP contribution in [-0.2, 0) is 6.54 Å². The van der Waals surface area contributed by atoms with Crippen LogP contribution < -0.4 is 0 Å². The minimum atomic E-state index is -0.277. The molecule has 56 valence electrons. The maximum absolute atomic E-state index is 12.9. The average molecular weight is 149 g/mol. The summed E-state index contributed by atoms with van der Waals surface area (Å²) in [5.74, 6) is -0.277. The van der Waals surface area contributed by atoms with Gasteiger partial charge < -0.3 is 4.85 Å². The van der Waals surface area contributed by atoms with E-state index in [4.69, 9.17) is 6.57 Å². The molecule has 0 aliphatic rings. The van der Waals surface area contributed by atoms with E-state index in [1.165, 1.54) is 6.07 Å². The summed E-state index contributed by atoms with van der Waals surface area (Å²) < 4.78 is 12.9. The average Bonchev–Trinajstić information content (AvgIpc) is 1.95. The lowest BCUT2D eigenvalue weighted by Crippen LogP contribution is -1.87. The third-order valence-corrected chi connectivity index (χ3v) is 1.46. The minimum Gasteiger partial charge on any atom is -0.312 e. The lowest BCUT2D eigenvalue weighted by Gasteiger charge is -1.95. The van der Waals surface area contributed by atoms with Crippen LogP contribution >= 0.6 is 0 Å². The first-order valence-electron chi connectivity index (χ1n) is 3.32. The van der Waals surface area contributed by atoms with Crippen molar-refractivity contribution in [2.45, 2.75) is 13.5 Å². The van der Waals surface area contributed by atoms with E-state index in [1.807, 2.05) is 13.0 Å². The number of benzene rings is 1. The van der Waals surface area contributed by atoms with Gasteiger partial charge in [-0.2, -0.15) is 0 Å². The van der Waals surface area contributed by atoms with E-state index in [2.05, 4.69) is 4.85 Å². The van der Waals surface area contributed by atoms with Crippen molar-refractivity contribution in [3.63, 3.8) is 0 Å². The van der Waals surface area contributed by atoms with E-state index in [0.29, 0.717) is 5.56 Å². The first kappa shape index (κ1) is 7.74. The Bertz CT molecular complexity index is 299. The van der Waals surface area contributed by atoms with E-state index in [9.17, 15) is 4.39 Å². The quantitative estimate of drug-likeness (QED) is 0.540. The van der Waals surface area contributed by atoms with Crippen molar-refractivity contribution >= 4 is 0 Å². The second kappa shape index (κ2) is 3.16. The van der Waals surface area contributed by atoms with Crippen molar-refractivity contribution in [1.82, 2.24) is 0 Å². The Hall–Kier alpha value is -1.36. The van der Waals surface area contributed by atoms with Crippen molar-refractivity contribution < 1.29 is 4.39 Å². The summed E-state index contributed by atoms with van der Waals surface area (Å²) in [6, 6.07) is 4.91. The highest BCUT2D eigenvalue weighted by atomic mass is 19.1. The molecule has 0 N–H and O–H groups in total. The molecule has 1 rings (SSSR count). The molecular weight excluding hydrogens is 141 g/mol. The van der Waals surface area contributed by atoms with Gasteiger partial charge in [0.05, 0.1) is 5.56 Å². The highest BCUT2D eigenvalue weighted by molar-refractivity contribution is 5.24. The normalized spacial score (nSPS) is 9.18. The van der Waals surface area contributed by atoms with Gasteiger partial charge in [0.25, 0.3) is 0 Å². The lowest BCUT2D eigenvalue weighted by atomic mass is 10.1.